The molecule has 1 unspecified atom stereocenters. The van der Waals surface area contributed by atoms with Crippen molar-refractivity contribution in [3.63, 3.8) is 0 Å². The molecule has 7 nitrogen and oxygen atoms in total. The van der Waals surface area contributed by atoms with E-state index in [1.165, 1.54) is 10.4 Å². The Morgan fingerprint density at radius 2 is 1.73 bits per heavy atom. The maximum absolute atomic E-state index is 12.9. The molecule has 0 spiro atoms. The summed E-state index contributed by atoms with van der Waals surface area (Å²) in [6, 6.07) is 11.7. The molecule has 8 heteroatoms. The van der Waals surface area contributed by atoms with Gasteiger partial charge >= 0.3 is 0 Å². The first-order valence-electron chi connectivity index (χ1n) is 10.00. The molecule has 1 aliphatic rings. The van der Waals surface area contributed by atoms with E-state index in [2.05, 4.69) is 5.32 Å². The van der Waals surface area contributed by atoms with Gasteiger partial charge in [-0.1, -0.05) is 6.07 Å². The summed E-state index contributed by atoms with van der Waals surface area (Å²) in [7, 11) is -1.99. The lowest BCUT2D eigenvalue weighted by Gasteiger charge is -2.19. The Balaban J connectivity index is 1.64. The van der Waals surface area contributed by atoms with Crippen LogP contribution < -0.4 is 14.8 Å². The molecular formula is C22H28N2O5S. The van der Waals surface area contributed by atoms with Crippen LogP contribution in [-0.4, -0.2) is 51.5 Å². The zero-order valence-corrected chi connectivity index (χ0v) is 18.4. The quantitative estimate of drug-likeness (QED) is 0.693. The molecule has 1 aliphatic heterocycles. The third-order valence-corrected chi connectivity index (χ3v) is 7.11. The van der Waals surface area contributed by atoms with Gasteiger partial charge in [0.2, 0.25) is 10.0 Å². The smallest absolute Gasteiger partial charge is 0.251 e. The van der Waals surface area contributed by atoms with Crippen LogP contribution in [0.3, 0.4) is 0 Å². The van der Waals surface area contributed by atoms with Gasteiger partial charge < -0.3 is 14.8 Å². The van der Waals surface area contributed by atoms with E-state index in [4.69, 9.17) is 9.47 Å². The molecule has 2 aromatic rings. The van der Waals surface area contributed by atoms with Crippen LogP contribution in [0.4, 0.5) is 0 Å². The lowest BCUT2D eigenvalue weighted by molar-refractivity contribution is 0.0926. The summed E-state index contributed by atoms with van der Waals surface area (Å²) in [6.45, 7) is 4.91. The molecule has 1 amide bonds. The second kappa shape index (κ2) is 9.49. The number of hydrogen-bond acceptors (Lipinski definition) is 5. The average molecular weight is 433 g/mol. The first-order chi connectivity index (χ1) is 14.3. The predicted octanol–water partition coefficient (Wildman–Crippen LogP) is 2.99. The predicted molar refractivity (Wildman–Crippen MR) is 115 cm³/mol. The molecule has 0 radical (unpaired) electrons. The summed E-state index contributed by atoms with van der Waals surface area (Å²) in [5, 5.41) is 2.86. The summed E-state index contributed by atoms with van der Waals surface area (Å²) in [6.07, 6.45) is 1.73. The third-order valence-electron chi connectivity index (χ3n) is 5.07. The molecule has 1 N–H and O–H groups in total. The number of ether oxygens (including phenoxy) is 2. The lowest BCUT2D eigenvalue weighted by atomic mass is 10.1. The molecule has 162 valence electrons. The number of rotatable bonds is 8. The zero-order chi connectivity index (χ0) is 21.7. The Kier molecular flexibility index (Phi) is 6.99. The normalized spacial score (nSPS) is 15.6. The Hall–Kier alpha value is -2.58. The number of methoxy groups -OCH3 is 1. The highest BCUT2D eigenvalue weighted by Crippen LogP contribution is 2.24. The van der Waals surface area contributed by atoms with Gasteiger partial charge in [-0.3, -0.25) is 4.79 Å². The average Bonchev–Trinajstić information content (AvgIpc) is 3.28. The van der Waals surface area contributed by atoms with Crippen LogP contribution >= 0.6 is 0 Å². The Labute approximate surface area is 178 Å². The minimum absolute atomic E-state index is 0.194. The second-order valence-corrected chi connectivity index (χ2v) is 9.36. The van der Waals surface area contributed by atoms with Gasteiger partial charge in [-0.05, 0) is 68.7 Å². The van der Waals surface area contributed by atoms with Gasteiger partial charge in [-0.15, -0.1) is 0 Å². The molecular weight excluding hydrogens is 404 g/mol. The molecule has 1 heterocycles. The highest BCUT2D eigenvalue weighted by atomic mass is 32.2. The van der Waals surface area contributed by atoms with E-state index >= 15 is 0 Å². The number of nitrogens with zero attached hydrogens (tertiary/aromatic N) is 1. The Morgan fingerprint density at radius 1 is 1.10 bits per heavy atom. The van der Waals surface area contributed by atoms with E-state index in [0.29, 0.717) is 30.0 Å². The van der Waals surface area contributed by atoms with Crippen molar-refractivity contribution in [2.75, 3.05) is 26.8 Å². The second-order valence-electron chi connectivity index (χ2n) is 7.45. The van der Waals surface area contributed by atoms with Crippen molar-refractivity contribution in [1.82, 2.24) is 9.62 Å². The van der Waals surface area contributed by atoms with Gasteiger partial charge in [0.05, 0.1) is 18.0 Å². The van der Waals surface area contributed by atoms with E-state index < -0.39 is 10.0 Å². The first kappa shape index (κ1) is 22.1. The van der Waals surface area contributed by atoms with Crippen LogP contribution in [0.25, 0.3) is 0 Å². The van der Waals surface area contributed by atoms with Crippen LogP contribution in [-0.2, 0) is 10.0 Å². The molecule has 1 saturated heterocycles. The van der Waals surface area contributed by atoms with Crippen LogP contribution in [0.1, 0.15) is 35.7 Å². The number of amides is 1. The lowest BCUT2D eigenvalue weighted by Crippen LogP contribution is -2.37. The molecule has 0 bridgehead atoms. The Bertz CT molecular complexity index is 983. The van der Waals surface area contributed by atoms with Gasteiger partial charge in [-0.2, -0.15) is 4.31 Å². The standard InChI is InChI=1S/C22H28N2O5S/c1-16-6-7-18(14-21(16)30(26,27)24-12-4-5-13-24)22(25)23-17(2)15-29-20-10-8-19(28-3)9-11-20/h6-11,14,17H,4-5,12-13,15H2,1-3H3,(H,23,25). The number of carbonyl (C=O) groups excluding carboxylic acids is 1. The molecule has 1 fully saturated rings. The van der Waals surface area contributed by atoms with Crippen molar-refractivity contribution in [3.8, 4) is 11.5 Å². The zero-order valence-electron chi connectivity index (χ0n) is 17.6. The highest BCUT2D eigenvalue weighted by molar-refractivity contribution is 7.89. The van der Waals surface area contributed by atoms with Crippen molar-refractivity contribution in [3.05, 3.63) is 53.6 Å². The van der Waals surface area contributed by atoms with Crippen LogP contribution in [0.15, 0.2) is 47.4 Å². The van der Waals surface area contributed by atoms with E-state index in [0.717, 1.165) is 18.6 Å². The molecule has 3 rings (SSSR count). The molecule has 0 saturated carbocycles. The summed E-state index contributed by atoms with van der Waals surface area (Å²) in [4.78, 5) is 12.9. The van der Waals surface area contributed by atoms with Crippen molar-refractivity contribution in [2.45, 2.75) is 37.6 Å². The third kappa shape index (κ3) is 5.12. The summed E-state index contributed by atoms with van der Waals surface area (Å²) >= 11 is 0. The number of carbonyl (C=O) groups is 1. The van der Waals surface area contributed by atoms with Crippen LogP contribution in [0.2, 0.25) is 0 Å². The maximum atomic E-state index is 12.9. The maximum Gasteiger partial charge on any atom is 0.251 e. The molecule has 2 aromatic carbocycles. The van der Waals surface area contributed by atoms with Gasteiger partial charge in [0.25, 0.3) is 5.91 Å². The number of benzene rings is 2. The fraction of sp³-hybridized carbons (Fsp3) is 0.409. The molecule has 1 atom stereocenters. The first-order valence-corrected chi connectivity index (χ1v) is 11.4. The van der Waals surface area contributed by atoms with Crippen LogP contribution in [0, 0.1) is 6.92 Å². The minimum Gasteiger partial charge on any atom is -0.497 e. The fourth-order valence-corrected chi connectivity index (χ4v) is 5.10. The molecule has 30 heavy (non-hydrogen) atoms. The summed E-state index contributed by atoms with van der Waals surface area (Å²) in [5.74, 6) is 1.08. The van der Waals surface area contributed by atoms with Crippen molar-refractivity contribution < 1.29 is 22.7 Å². The van der Waals surface area contributed by atoms with Gasteiger partial charge in [-0.25, -0.2) is 8.42 Å². The van der Waals surface area contributed by atoms with E-state index in [1.54, 1.807) is 50.4 Å². The van der Waals surface area contributed by atoms with Crippen LogP contribution in [0.5, 0.6) is 11.5 Å². The number of sulfonamides is 1. The van der Waals surface area contributed by atoms with E-state index in [-0.39, 0.29) is 23.5 Å². The number of nitrogens with one attached hydrogen (secondary N) is 1. The minimum atomic E-state index is -3.59. The van der Waals surface area contributed by atoms with Crippen molar-refractivity contribution >= 4 is 15.9 Å². The van der Waals surface area contributed by atoms with Gasteiger partial charge in [0.15, 0.2) is 0 Å². The van der Waals surface area contributed by atoms with Crippen molar-refractivity contribution in [2.24, 2.45) is 0 Å². The number of hydrogen-bond donors (Lipinski definition) is 1. The van der Waals surface area contributed by atoms with E-state index in [9.17, 15) is 13.2 Å². The SMILES string of the molecule is COc1ccc(OCC(C)NC(=O)c2ccc(C)c(S(=O)(=O)N3CCCC3)c2)cc1. The van der Waals surface area contributed by atoms with Gasteiger partial charge in [0.1, 0.15) is 18.1 Å². The molecule has 0 aromatic heterocycles. The Morgan fingerprint density at radius 3 is 2.37 bits per heavy atom. The van der Waals surface area contributed by atoms with E-state index in [1.807, 2.05) is 6.92 Å². The van der Waals surface area contributed by atoms with Crippen molar-refractivity contribution in [1.29, 1.82) is 0 Å². The number of aryl methyl sites for hydroxylation is 1. The van der Waals surface area contributed by atoms with Gasteiger partial charge in [0, 0.05) is 18.7 Å². The summed E-state index contributed by atoms with van der Waals surface area (Å²) in [5.41, 5.74) is 0.948. The monoisotopic (exact) mass is 432 g/mol. The topological polar surface area (TPSA) is 84.9 Å². The largest absolute Gasteiger partial charge is 0.497 e. The fourth-order valence-electron chi connectivity index (χ4n) is 3.33. The molecule has 0 aliphatic carbocycles. The summed E-state index contributed by atoms with van der Waals surface area (Å²) < 4.78 is 38.1. The highest BCUT2D eigenvalue weighted by Gasteiger charge is 2.29.